The maximum absolute atomic E-state index is 14.1. The highest BCUT2D eigenvalue weighted by atomic mass is 32.2. The lowest BCUT2D eigenvalue weighted by Crippen LogP contribution is -2.45. The fraction of sp³-hybridized carbons (Fsp3) is 0.417. The minimum absolute atomic E-state index is 0.0187. The van der Waals surface area contributed by atoms with Crippen LogP contribution >= 0.6 is 0 Å². The molecule has 7 nitrogen and oxygen atoms in total. The molecule has 0 aliphatic carbocycles. The molecule has 2 fully saturated rings. The normalized spacial score (nSPS) is 19.4. The summed E-state index contributed by atoms with van der Waals surface area (Å²) in [6.45, 7) is 1.94. The summed E-state index contributed by atoms with van der Waals surface area (Å²) in [6, 6.07) is 11.4. The number of sulfonamides is 1. The summed E-state index contributed by atoms with van der Waals surface area (Å²) < 4.78 is 41.1. The van der Waals surface area contributed by atoms with Crippen molar-refractivity contribution in [2.24, 2.45) is 0 Å². The second kappa shape index (κ2) is 10.0. The maximum Gasteiger partial charge on any atom is 0.253 e. The van der Waals surface area contributed by atoms with Gasteiger partial charge in [-0.2, -0.15) is 4.31 Å². The van der Waals surface area contributed by atoms with Crippen LogP contribution in [0.1, 0.15) is 48.0 Å². The van der Waals surface area contributed by atoms with E-state index in [4.69, 9.17) is 0 Å². The third kappa shape index (κ3) is 5.09. The first-order chi connectivity index (χ1) is 15.9. The van der Waals surface area contributed by atoms with Crippen LogP contribution in [0.2, 0.25) is 0 Å². The van der Waals surface area contributed by atoms with Crippen LogP contribution in [0, 0.1) is 5.82 Å². The van der Waals surface area contributed by atoms with E-state index in [0.717, 1.165) is 48.3 Å². The molecule has 0 bridgehead atoms. The SMILES string of the molecule is O=C(NCc1ccc(C(=O)N2CCCCC2)cc1)C1CCCN1S(=O)(=O)c1ccccc1F. The molecule has 1 N–H and O–H groups in total. The van der Waals surface area contributed by atoms with Crippen LogP contribution < -0.4 is 5.32 Å². The first-order valence-electron chi connectivity index (χ1n) is 11.3. The molecule has 0 saturated carbocycles. The van der Waals surface area contributed by atoms with Crippen molar-refractivity contribution in [3.05, 3.63) is 65.5 Å². The number of halogens is 1. The van der Waals surface area contributed by atoms with Crippen molar-refractivity contribution >= 4 is 21.8 Å². The predicted octanol–water partition coefficient (Wildman–Crippen LogP) is 2.92. The van der Waals surface area contributed by atoms with Gasteiger partial charge < -0.3 is 10.2 Å². The second-order valence-corrected chi connectivity index (χ2v) is 10.3. The highest BCUT2D eigenvalue weighted by molar-refractivity contribution is 7.89. The molecule has 2 aromatic carbocycles. The van der Waals surface area contributed by atoms with Crippen molar-refractivity contribution in [3.8, 4) is 0 Å². The first-order valence-corrected chi connectivity index (χ1v) is 12.7. The van der Waals surface area contributed by atoms with Gasteiger partial charge in [0.25, 0.3) is 5.91 Å². The molecule has 2 saturated heterocycles. The summed E-state index contributed by atoms with van der Waals surface area (Å²) in [5.74, 6) is -1.23. The zero-order chi connectivity index (χ0) is 23.4. The van der Waals surface area contributed by atoms with Gasteiger partial charge in [-0.1, -0.05) is 24.3 Å². The number of amides is 2. The van der Waals surface area contributed by atoms with E-state index in [1.807, 2.05) is 4.90 Å². The quantitative estimate of drug-likeness (QED) is 0.699. The van der Waals surface area contributed by atoms with Crippen molar-refractivity contribution in [1.82, 2.24) is 14.5 Å². The van der Waals surface area contributed by atoms with E-state index in [2.05, 4.69) is 5.32 Å². The number of carbonyl (C=O) groups excluding carboxylic acids is 2. The Balaban J connectivity index is 1.38. The van der Waals surface area contributed by atoms with Crippen LogP contribution in [0.25, 0.3) is 0 Å². The molecule has 0 spiro atoms. The van der Waals surface area contributed by atoms with Crippen LogP contribution in [-0.4, -0.2) is 55.1 Å². The highest BCUT2D eigenvalue weighted by Gasteiger charge is 2.40. The highest BCUT2D eigenvalue weighted by Crippen LogP contribution is 2.27. The van der Waals surface area contributed by atoms with Crippen LogP contribution in [-0.2, 0) is 21.4 Å². The van der Waals surface area contributed by atoms with Crippen LogP contribution in [0.3, 0.4) is 0 Å². The van der Waals surface area contributed by atoms with Gasteiger partial charge >= 0.3 is 0 Å². The van der Waals surface area contributed by atoms with E-state index in [1.165, 1.54) is 18.2 Å². The van der Waals surface area contributed by atoms with Gasteiger partial charge in [0.1, 0.15) is 16.8 Å². The zero-order valence-corrected chi connectivity index (χ0v) is 19.2. The molecule has 33 heavy (non-hydrogen) atoms. The van der Waals surface area contributed by atoms with E-state index >= 15 is 0 Å². The van der Waals surface area contributed by atoms with Gasteiger partial charge in [0.15, 0.2) is 0 Å². The monoisotopic (exact) mass is 473 g/mol. The molecule has 0 radical (unpaired) electrons. The lowest BCUT2D eigenvalue weighted by Gasteiger charge is -2.26. The van der Waals surface area contributed by atoms with E-state index in [9.17, 15) is 22.4 Å². The number of hydrogen-bond acceptors (Lipinski definition) is 4. The van der Waals surface area contributed by atoms with E-state index in [0.29, 0.717) is 18.4 Å². The first kappa shape index (κ1) is 23.4. The number of nitrogens with zero attached hydrogens (tertiary/aromatic N) is 2. The Kier molecular flexibility index (Phi) is 7.09. The van der Waals surface area contributed by atoms with Crippen molar-refractivity contribution < 1.29 is 22.4 Å². The minimum Gasteiger partial charge on any atom is -0.351 e. The summed E-state index contributed by atoms with van der Waals surface area (Å²) in [5, 5.41) is 2.79. The molecule has 176 valence electrons. The Morgan fingerprint density at radius 1 is 0.939 bits per heavy atom. The fourth-order valence-corrected chi connectivity index (χ4v) is 6.15. The molecular formula is C24H28FN3O4S. The van der Waals surface area contributed by atoms with Crippen LogP contribution in [0.15, 0.2) is 53.4 Å². The van der Waals surface area contributed by atoms with Gasteiger partial charge in [0.2, 0.25) is 15.9 Å². The summed E-state index contributed by atoms with van der Waals surface area (Å²) >= 11 is 0. The summed E-state index contributed by atoms with van der Waals surface area (Å²) in [4.78, 5) is 26.8. The number of nitrogens with one attached hydrogen (secondary N) is 1. The Morgan fingerprint density at radius 3 is 2.33 bits per heavy atom. The molecule has 9 heteroatoms. The molecule has 1 unspecified atom stereocenters. The van der Waals surface area contributed by atoms with Gasteiger partial charge in [-0.15, -0.1) is 0 Å². The van der Waals surface area contributed by atoms with Gasteiger partial charge in [0, 0.05) is 31.7 Å². The van der Waals surface area contributed by atoms with Crippen LogP contribution in [0.4, 0.5) is 4.39 Å². The van der Waals surface area contributed by atoms with Crippen molar-refractivity contribution in [1.29, 1.82) is 0 Å². The molecule has 0 aromatic heterocycles. The number of carbonyl (C=O) groups is 2. The number of rotatable bonds is 6. The van der Waals surface area contributed by atoms with Gasteiger partial charge in [-0.05, 0) is 61.9 Å². The molecule has 2 aliphatic heterocycles. The third-order valence-corrected chi connectivity index (χ3v) is 8.18. The standard InChI is InChI=1S/C24H28FN3O4S/c25-20-7-2-3-9-22(20)33(31,32)28-16-6-8-21(28)23(29)26-17-18-10-12-19(13-11-18)24(30)27-14-4-1-5-15-27/h2-3,7,9-13,21H,1,4-6,8,14-17H2,(H,26,29). The lowest BCUT2D eigenvalue weighted by atomic mass is 10.1. The fourth-order valence-electron chi connectivity index (χ4n) is 4.42. The largest absolute Gasteiger partial charge is 0.351 e. The summed E-state index contributed by atoms with van der Waals surface area (Å²) in [6.07, 6.45) is 4.12. The molecule has 2 amide bonds. The number of benzene rings is 2. The molecule has 2 aromatic rings. The zero-order valence-electron chi connectivity index (χ0n) is 18.4. The smallest absolute Gasteiger partial charge is 0.253 e. The van der Waals surface area contributed by atoms with Crippen molar-refractivity contribution in [3.63, 3.8) is 0 Å². The Hall–Kier alpha value is -2.78. The Labute approximate surface area is 193 Å². The van der Waals surface area contributed by atoms with Crippen molar-refractivity contribution in [2.75, 3.05) is 19.6 Å². The van der Waals surface area contributed by atoms with Gasteiger partial charge in [0.05, 0.1) is 0 Å². The Bertz CT molecular complexity index is 1110. The van der Waals surface area contributed by atoms with Crippen LogP contribution in [0.5, 0.6) is 0 Å². The average Bonchev–Trinajstić information content (AvgIpc) is 3.34. The molecule has 1 atom stereocenters. The molecule has 4 rings (SSSR count). The number of hydrogen-bond donors (Lipinski definition) is 1. The minimum atomic E-state index is -4.12. The predicted molar refractivity (Wildman–Crippen MR) is 121 cm³/mol. The van der Waals surface area contributed by atoms with Gasteiger partial charge in [-0.25, -0.2) is 12.8 Å². The van der Waals surface area contributed by atoms with Gasteiger partial charge in [-0.3, -0.25) is 9.59 Å². The maximum atomic E-state index is 14.1. The number of piperidine rings is 1. The van der Waals surface area contributed by atoms with E-state index in [1.54, 1.807) is 24.3 Å². The topological polar surface area (TPSA) is 86.8 Å². The van der Waals surface area contributed by atoms with Crippen molar-refractivity contribution in [2.45, 2.75) is 49.6 Å². The summed E-state index contributed by atoms with van der Waals surface area (Å²) in [7, 11) is -4.12. The summed E-state index contributed by atoms with van der Waals surface area (Å²) in [5.41, 5.74) is 1.42. The Morgan fingerprint density at radius 2 is 1.64 bits per heavy atom. The molecule has 2 aliphatic rings. The molecule has 2 heterocycles. The van der Waals surface area contributed by atoms with E-state index in [-0.39, 0.29) is 19.0 Å². The second-order valence-electron chi connectivity index (χ2n) is 8.47. The molecular weight excluding hydrogens is 445 g/mol. The van der Waals surface area contributed by atoms with E-state index < -0.39 is 32.7 Å². The average molecular weight is 474 g/mol. The number of likely N-dealkylation sites (tertiary alicyclic amines) is 1. The third-order valence-electron chi connectivity index (χ3n) is 6.24. The lowest BCUT2D eigenvalue weighted by molar-refractivity contribution is -0.124.